The first-order chi connectivity index (χ1) is 7.74. The van der Waals surface area contributed by atoms with Gasteiger partial charge in [0.2, 0.25) is 0 Å². The maximum absolute atomic E-state index is 13.6. The number of hydrogen-bond acceptors (Lipinski definition) is 3. The van der Waals surface area contributed by atoms with Crippen LogP contribution in [0.1, 0.15) is 17.2 Å². The average Bonchev–Trinajstić information content (AvgIpc) is 2.33. The Balaban J connectivity index is 2.40. The van der Waals surface area contributed by atoms with Crippen LogP contribution in [0.25, 0.3) is 0 Å². The number of methoxy groups -OCH3 is 1. The molecule has 1 unspecified atom stereocenters. The van der Waals surface area contributed by atoms with Crippen LogP contribution in [-0.2, 0) is 4.74 Å². The highest BCUT2D eigenvalue weighted by Gasteiger charge is 2.23. The van der Waals surface area contributed by atoms with E-state index in [9.17, 15) is 4.39 Å². The van der Waals surface area contributed by atoms with E-state index < -0.39 is 0 Å². The van der Waals surface area contributed by atoms with Crippen molar-refractivity contribution in [1.82, 2.24) is 5.32 Å². The Morgan fingerprint density at radius 3 is 2.94 bits per heavy atom. The number of halogens is 1. The van der Waals surface area contributed by atoms with Crippen molar-refractivity contribution in [2.24, 2.45) is 0 Å². The van der Waals surface area contributed by atoms with Gasteiger partial charge in [-0.15, -0.1) is 0 Å². The predicted molar refractivity (Wildman–Crippen MR) is 59.3 cm³/mol. The number of aryl methyl sites for hydroxylation is 1. The minimum Gasteiger partial charge on any atom is -0.493 e. The lowest BCUT2D eigenvalue weighted by Gasteiger charge is -2.26. The van der Waals surface area contributed by atoms with Gasteiger partial charge in [-0.05, 0) is 18.6 Å². The van der Waals surface area contributed by atoms with Crippen LogP contribution in [0.5, 0.6) is 5.75 Å². The summed E-state index contributed by atoms with van der Waals surface area (Å²) in [4.78, 5) is 0. The number of morpholine rings is 1. The SMILES string of the molecule is COc1c(F)ccc(C)c1C1CNCCO1. The molecule has 1 fully saturated rings. The molecule has 1 atom stereocenters. The molecule has 0 aliphatic carbocycles. The third-order valence-corrected chi connectivity index (χ3v) is 2.82. The quantitative estimate of drug-likeness (QED) is 0.832. The first-order valence-electron chi connectivity index (χ1n) is 5.39. The van der Waals surface area contributed by atoms with Crippen LogP contribution < -0.4 is 10.1 Å². The summed E-state index contributed by atoms with van der Waals surface area (Å²) in [5, 5.41) is 3.23. The first kappa shape index (κ1) is 11.4. The van der Waals surface area contributed by atoms with Crippen LogP contribution in [0.4, 0.5) is 4.39 Å². The van der Waals surface area contributed by atoms with Gasteiger partial charge in [-0.25, -0.2) is 4.39 Å². The third-order valence-electron chi connectivity index (χ3n) is 2.82. The molecule has 1 aliphatic rings. The zero-order valence-corrected chi connectivity index (χ0v) is 9.55. The zero-order chi connectivity index (χ0) is 11.5. The highest BCUT2D eigenvalue weighted by molar-refractivity contribution is 5.42. The standard InChI is InChI=1S/C12H16FNO2/c1-8-3-4-9(13)12(15-2)11(8)10-7-14-5-6-16-10/h3-4,10,14H,5-7H2,1-2H3. The Labute approximate surface area is 94.6 Å². The maximum Gasteiger partial charge on any atom is 0.165 e. The molecule has 1 aliphatic heterocycles. The number of hydrogen-bond donors (Lipinski definition) is 1. The van der Waals surface area contributed by atoms with Gasteiger partial charge < -0.3 is 14.8 Å². The minimum absolute atomic E-state index is 0.126. The van der Waals surface area contributed by atoms with Gasteiger partial charge >= 0.3 is 0 Å². The summed E-state index contributed by atoms with van der Waals surface area (Å²) in [6, 6.07) is 3.18. The van der Waals surface area contributed by atoms with Crippen molar-refractivity contribution in [3.63, 3.8) is 0 Å². The molecule has 88 valence electrons. The molecular formula is C12H16FNO2. The van der Waals surface area contributed by atoms with Crippen molar-refractivity contribution in [2.75, 3.05) is 26.8 Å². The normalized spacial score (nSPS) is 20.8. The van der Waals surface area contributed by atoms with Crippen LogP contribution in [0.2, 0.25) is 0 Å². The molecule has 1 aromatic rings. The predicted octanol–water partition coefficient (Wildman–Crippen LogP) is 1.80. The molecule has 0 aromatic heterocycles. The summed E-state index contributed by atoms with van der Waals surface area (Å²) in [6.45, 7) is 4.12. The van der Waals surface area contributed by atoms with Gasteiger partial charge in [-0.1, -0.05) is 6.07 Å². The molecule has 16 heavy (non-hydrogen) atoms. The van der Waals surface area contributed by atoms with Crippen molar-refractivity contribution in [2.45, 2.75) is 13.0 Å². The van der Waals surface area contributed by atoms with Crippen molar-refractivity contribution in [3.05, 3.63) is 29.1 Å². The van der Waals surface area contributed by atoms with Crippen LogP contribution in [0.15, 0.2) is 12.1 Å². The Hall–Kier alpha value is -1.13. The van der Waals surface area contributed by atoms with Gasteiger partial charge in [0, 0.05) is 18.7 Å². The smallest absolute Gasteiger partial charge is 0.165 e. The molecule has 1 saturated heterocycles. The number of nitrogens with one attached hydrogen (secondary N) is 1. The van der Waals surface area contributed by atoms with Crippen LogP contribution >= 0.6 is 0 Å². The fraction of sp³-hybridized carbons (Fsp3) is 0.500. The molecule has 3 nitrogen and oxygen atoms in total. The van der Waals surface area contributed by atoms with E-state index in [-0.39, 0.29) is 11.9 Å². The fourth-order valence-corrected chi connectivity index (χ4v) is 2.03. The van der Waals surface area contributed by atoms with Crippen LogP contribution in [0.3, 0.4) is 0 Å². The average molecular weight is 225 g/mol. The summed E-state index contributed by atoms with van der Waals surface area (Å²) in [5.74, 6) is -0.0361. The van der Waals surface area contributed by atoms with Gasteiger partial charge in [0.25, 0.3) is 0 Å². The monoisotopic (exact) mass is 225 g/mol. The molecule has 2 rings (SSSR count). The Morgan fingerprint density at radius 2 is 2.31 bits per heavy atom. The highest BCUT2D eigenvalue weighted by Crippen LogP contribution is 2.33. The molecule has 0 bridgehead atoms. The van der Waals surface area contributed by atoms with Gasteiger partial charge in [-0.3, -0.25) is 0 Å². The van der Waals surface area contributed by atoms with E-state index >= 15 is 0 Å². The van der Waals surface area contributed by atoms with Gasteiger partial charge in [0.05, 0.1) is 19.8 Å². The maximum atomic E-state index is 13.6. The third kappa shape index (κ3) is 2.03. The summed E-state index contributed by atoms with van der Waals surface area (Å²) < 4.78 is 24.3. The molecule has 1 N–H and O–H groups in total. The van der Waals surface area contributed by atoms with Crippen molar-refractivity contribution < 1.29 is 13.9 Å². The van der Waals surface area contributed by atoms with Gasteiger partial charge in [0.1, 0.15) is 0 Å². The molecule has 0 spiro atoms. The molecule has 0 amide bonds. The summed E-state index contributed by atoms with van der Waals surface area (Å²) >= 11 is 0. The number of ether oxygens (including phenoxy) is 2. The molecule has 0 radical (unpaired) electrons. The van der Waals surface area contributed by atoms with Gasteiger partial charge in [-0.2, -0.15) is 0 Å². The van der Waals surface area contributed by atoms with Crippen molar-refractivity contribution >= 4 is 0 Å². The van der Waals surface area contributed by atoms with Crippen molar-refractivity contribution in [3.8, 4) is 5.75 Å². The molecule has 1 aromatic carbocycles. The summed E-state index contributed by atoms with van der Waals surface area (Å²) in [5.41, 5.74) is 1.81. The van der Waals surface area contributed by atoms with Crippen LogP contribution in [-0.4, -0.2) is 26.8 Å². The fourth-order valence-electron chi connectivity index (χ4n) is 2.03. The topological polar surface area (TPSA) is 30.5 Å². The van der Waals surface area contributed by atoms with E-state index in [1.807, 2.05) is 6.92 Å². The van der Waals surface area contributed by atoms with Gasteiger partial charge in [0.15, 0.2) is 11.6 Å². The zero-order valence-electron chi connectivity index (χ0n) is 9.55. The second kappa shape index (κ2) is 4.80. The second-order valence-electron chi connectivity index (χ2n) is 3.87. The largest absolute Gasteiger partial charge is 0.493 e. The highest BCUT2D eigenvalue weighted by atomic mass is 19.1. The lowest BCUT2D eigenvalue weighted by molar-refractivity contribution is 0.0255. The first-order valence-corrected chi connectivity index (χ1v) is 5.39. The van der Waals surface area contributed by atoms with E-state index in [0.717, 1.165) is 17.7 Å². The molecule has 0 saturated carbocycles. The van der Waals surface area contributed by atoms with E-state index in [1.165, 1.54) is 13.2 Å². The summed E-state index contributed by atoms with van der Waals surface area (Å²) in [6.07, 6.45) is -0.126. The number of rotatable bonds is 2. The Morgan fingerprint density at radius 1 is 1.50 bits per heavy atom. The van der Waals surface area contributed by atoms with Crippen molar-refractivity contribution in [1.29, 1.82) is 0 Å². The molecule has 4 heteroatoms. The van der Waals surface area contributed by atoms with E-state index in [1.54, 1.807) is 6.07 Å². The second-order valence-corrected chi connectivity index (χ2v) is 3.87. The number of benzene rings is 1. The van der Waals surface area contributed by atoms with Crippen LogP contribution in [0, 0.1) is 12.7 Å². The molecular weight excluding hydrogens is 209 g/mol. The Kier molecular flexibility index (Phi) is 3.41. The van der Waals surface area contributed by atoms with E-state index in [4.69, 9.17) is 9.47 Å². The van der Waals surface area contributed by atoms with E-state index in [0.29, 0.717) is 18.9 Å². The molecule has 1 heterocycles. The lowest BCUT2D eigenvalue weighted by Crippen LogP contribution is -2.34. The lowest BCUT2D eigenvalue weighted by atomic mass is 10.0. The Bertz CT molecular complexity index is 376. The minimum atomic E-state index is -0.336. The summed E-state index contributed by atoms with van der Waals surface area (Å²) in [7, 11) is 1.48. The van der Waals surface area contributed by atoms with E-state index in [2.05, 4.69) is 5.32 Å².